The van der Waals surface area contributed by atoms with Gasteiger partial charge in [-0.25, -0.2) is 0 Å². The van der Waals surface area contributed by atoms with Crippen LogP contribution in [0.2, 0.25) is 0 Å². The highest BCUT2D eigenvalue weighted by Gasteiger charge is 2.20. The maximum Gasteiger partial charge on any atom is 0.303 e. The Morgan fingerprint density at radius 1 is 1.21 bits per heavy atom. The summed E-state index contributed by atoms with van der Waals surface area (Å²) in [7, 11) is 2.34. The van der Waals surface area contributed by atoms with Crippen molar-refractivity contribution >= 4 is 15.2 Å². The van der Waals surface area contributed by atoms with Crippen molar-refractivity contribution in [3.05, 3.63) is 0 Å². The predicted molar refractivity (Wildman–Crippen MR) is 55.0 cm³/mol. The molecule has 0 bridgehead atoms. The van der Waals surface area contributed by atoms with Crippen LogP contribution in [0.3, 0.4) is 0 Å². The largest absolute Gasteiger partial charge is 0.481 e. The molecule has 0 heterocycles. The zero-order chi connectivity index (χ0) is 11.6. The molecule has 0 fully saturated rings. The molecule has 0 aromatic rings. The van der Waals surface area contributed by atoms with E-state index in [0.717, 1.165) is 0 Å². The lowest BCUT2D eigenvalue weighted by atomic mass is 10.1. The van der Waals surface area contributed by atoms with Crippen LogP contribution in [0.15, 0.2) is 0 Å². The zero-order valence-corrected chi connectivity index (χ0v) is 9.04. The highest BCUT2D eigenvalue weighted by atomic mass is 31.0. The second kappa shape index (κ2) is 9.30. The van der Waals surface area contributed by atoms with Gasteiger partial charge in [0.25, 0.3) is 0 Å². The molecule has 14 heavy (non-hydrogen) atoms. The number of nitrogens with two attached hydrogens (primary N) is 1. The number of carboxylic acids is 1. The zero-order valence-electron chi connectivity index (χ0n) is 7.89. The van der Waals surface area contributed by atoms with Crippen LogP contribution in [0, 0.1) is 0 Å². The van der Waals surface area contributed by atoms with Gasteiger partial charge in [0.05, 0.1) is 25.4 Å². The molecule has 0 aromatic carbocycles. The molecular formula is C7H18NO5P. The SMILES string of the molecule is NC(CO)(CO)CO.O=C(O)CCP. The van der Waals surface area contributed by atoms with Crippen molar-refractivity contribution < 1.29 is 25.2 Å². The van der Waals surface area contributed by atoms with Gasteiger partial charge in [0.2, 0.25) is 0 Å². The Bertz CT molecular complexity index is 143. The van der Waals surface area contributed by atoms with E-state index in [0.29, 0.717) is 6.16 Å². The van der Waals surface area contributed by atoms with E-state index in [2.05, 4.69) is 9.24 Å². The number of aliphatic hydroxyl groups excluding tert-OH is 3. The van der Waals surface area contributed by atoms with E-state index in [1.165, 1.54) is 0 Å². The third kappa shape index (κ3) is 9.83. The highest BCUT2D eigenvalue weighted by Crippen LogP contribution is 1.93. The molecule has 0 aliphatic carbocycles. The quantitative estimate of drug-likeness (QED) is 0.346. The summed E-state index contributed by atoms with van der Waals surface area (Å²) in [6.07, 6.45) is 0.903. The van der Waals surface area contributed by atoms with Gasteiger partial charge in [0.1, 0.15) is 0 Å². The lowest BCUT2D eigenvalue weighted by molar-refractivity contribution is -0.136. The molecule has 0 aromatic heterocycles. The number of aliphatic hydroxyl groups is 3. The summed E-state index contributed by atoms with van der Waals surface area (Å²) in [6, 6.07) is 0. The standard InChI is InChI=1S/C4H11NO3.C3H7O2P/c5-4(1-6,2-7)3-8;4-3(5)1-2-6/h6-8H,1-3,5H2;1-2,6H2,(H,4,5). The van der Waals surface area contributed by atoms with Crippen LogP contribution in [0.5, 0.6) is 0 Å². The van der Waals surface area contributed by atoms with Gasteiger partial charge in [-0.1, -0.05) is 0 Å². The molecule has 0 rings (SSSR count). The molecule has 0 spiro atoms. The van der Waals surface area contributed by atoms with E-state index in [1.54, 1.807) is 0 Å². The summed E-state index contributed by atoms with van der Waals surface area (Å²) in [5.41, 5.74) is 3.94. The van der Waals surface area contributed by atoms with Gasteiger partial charge in [-0.3, -0.25) is 4.79 Å². The first-order chi connectivity index (χ1) is 6.45. The molecule has 0 amide bonds. The Kier molecular flexibility index (Phi) is 10.7. The number of carbonyl (C=O) groups is 1. The molecule has 6 nitrogen and oxygen atoms in total. The number of hydrogen-bond donors (Lipinski definition) is 5. The Hall–Kier alpha value is -0.260. The topological polar surface area (TPSA) is 124 Å². The van der Waals surface area contributed by atoms with Gasteiger partial charge in [0.15, 0.2) is 0 Å². The number of hydrogen-bond acceptors (Lipinski definition) is 5. The van der Waals surface area contributed by atoms with Crippen LogP contribution in [0.1, 0.15) is 6.42 Å². The second-order valence-electron chi connectivity index (χ2n) is 2.77. The molecular weight excluding hydrogens is 209 g/mol. The Labute approximate surface area is 84.9 Å². The van der Waals surface area contributed by atoms with Crippen LogP contribution >= 0.6 is 9.24 Å². The van der Waals surface area contributed by atoms with E-state index >= 15 is 0 Å². The predicted octanol–water partition coefficient (Wildman–Crippen LogP) is -2.00. The smallest absolute Gasteiger partial charge is 0.303 e. The van der Waals surface area contributed by atoms with Gasteiger partial charge in [-0.15, -0.1) is 9.24 Å². The molecule has 7 heteroatoms. The lowest BCUT2D eigenvalue weighted by Gasteiger charge is -2.20. The minimum atomic E-state index is -1.21. The molecule has 0 saturated heterocycles. The van der Waals surface area contributed by atoms with Crippen LogP contribution in [-0.2, 0) is 4.79 Å². The van der Waals surface area contributed by atoms with Gasteiger partial charge >= 0.3 is 5.97 Å². The molecule has 86 valence electrons. The van der Waals surface area contributed by atoms with Crippen LogP contribution in [0.4, 0.5) is 0 Å². The Morgan fingerprint density at radius 3 is 1.57 bits per heavy atom. The van der Waals surface area contributed by atoms with E-state index in [-0.39, 0.29) is 6.42 Å². The Morgan fingerprint density at radius 2 is 1.57 bits per heavy atom. The van der Waals surface area contributed by atoms with Gasteiger partial charge in [0, 0.05) is 6.42 Å². The molecule has 0 saturated carbocycles. The first kappa shape index (κ1) is 16.2. The minimum Gasteiger partial charge on any atom is -0.481 e. The van der Waals surface area contributed by atoms with Crippen molar-refractivity contribution in [1.29, 1.82) is 0 Å². The molecule has 0 radical (unpaired) electrons. The maximum atomic E-state index is 9.59. The Balaban J connectivity index is 0. The summed E-state index contributed by atoms with van der Waals surface area (Å²) in [4.78, 5) is 9.59. The third-order valence-corrected chi connectivity index (χ3v) is 1.59. The fourth-order valence-electron chi connectivity index (χ4n) is 0.273. The summed E-state index contributed by atoms with van der Waals surface area (Å²) in [5.74, 6) is -0.731. The van der Waals surface area contributed by atoms with Crippen LogP contribution in [-0.4, -0.2) is 57.9 Å². The van der Waals surface area contributed by atoms with Crippen molar-refractivity contribution in [2.24, 2.45) is 5.73 Å². The molecule has 6 N–H and O–H groups in total. The van der Waals surface area contributed by atoms with Crippen LogP contribution < -0.4 is 5.73 Å². The van der Waals surface area contributed by atoms with Crippen molar-refractivity contribution in [2.75, 3.05) is 26.0 Å². The molecule has 0 aliphatic heterocycles. The lowest BCUT2D eigenvalue weighted by Crippen LogP contribution is -2.50. The molecule has 0 aliphatic rings. The van der Waals surface area contributed by atoms with Gasteiger partial charge in [-0.05, 0) is 6.16 Å². The van der Waals surface area contributed by atoms with Gasteiger partial charge < -0.3 is 26.2 Å². The maximum absolute atomic E-state index is 9.59. The first-order valence-corrected chi connectivity index (χ1v) is 4.80. The number of rotatable bonds is 5. The first-order valence-electron chi connectivity index (χ1n) is 3.99. The van der Waals surface area contributed by atoms with Crippen molar-refractivity contribution in [3.8, 4) is 0 Å². The second-order valence-corrected chi connectivity index (χ2v) is 3.35. The number of carboxylic acid groups (broad SMARTS) is 1. The summed E-state index contributed by atoms with van der Waals surface area (Å²) in [5, 5.41) is 32.9. The van der Waals surface area contributed by atoms with E-state index in [9.17, 15) is 4.79 Å². The van der Waals surface area contributed by atoms with E-state index in [4.69, 9.17) is 26.2 Å². The monoisotopic (exact) mass is 227 g/mol. The van der Waals surface area contributed by atoms with E-state index < -0.39 is 31.3 Å². The average molecular weight is 227 g/mol. The fourth-order valence-corrected chi connectivity index (χ4v) is 0.520. The van der Waals surface area contributed by atoms with Crippen molar-refractivity contribution in [2.45, 2.75) is 12.0 Å². The average Bonchev–Trinajstić information content (AvgIpc) is 2.17. The third-order valence-electron chi connectivity index (χ3n) is 1.30. The van der Waals surface area contributed by atoms with E-state index in [1.807, 2.05) is 0 Å². The normalized spacial score (nSPS) is 10.4. The molecule has 1 atom stereocenters. The van der Waals surface area contributed by atoms with Crippen LogP contribution in [0.25, 0.3) is 0 Å². The fraction of sp³-hybridized carbons (Fsp3) is 0.857. The van der Waals surface area contributed by atoms with Crippen molar-refractivity contribution in [1.82, 2.24) is 0 Å². The highest BCUT2D eigenvalue weighted by molar-refractivity contribution is 7.16. The van der Waals surface area contributed by atoms with Crippen molar-refractivity contribution in [3.63, 3.8) is 0 Å². The number of aliphatic carboxylic acids is 1. The summed E-state index contributed by atoms with van der Waals surface area (Å²) < 4.78 is 0. The minimum absolute atomic E-state index is 0.255. The summed E-state index contributed by atoms with van der Waals surface area (Å²) in [6.45, 7) is -1.21. The van der Waals surface area contributed by atoms with Gasteiger partial charge in [-0.2, -0.15) is 0 Å². The molecule has 1 unspecified atom stereocenters. The summed E-state index contributed by atoms with van der Waals surface area (Å²) >= 11 is 0.